The first-order chi connectivity index (χ1) is 23.1. The maximum Gasteiger partial charge on any atom is 0.322 e. The van der Waals surface area contributed by atoms with E-state index in [0.29, 0.717) is 31.4 Å². The van der Waals surface area contributed by atoms with Crippen molar-refractivity contribution >= 4 is 41.5 Å². The van der Waals surface area contributed by atoms with Crippen molar-refractivity contribution in [3.05, 3.63) is 52.6 Å². The van der Waals surface area contributed by atoms with E-state index in [4.69, 9.17) is 20.7 Å². The number of hydrogen-bond donors (Lipinski definition) is 6. The van der Waals surface area contributed by atoms with E-state index in [1.54, 1.807) is 12.4 Å². The number of nitrogens with zero attached hydrogens (tertiary/aromatic N) is 1. The van der Waals surface area contributed by atoms with Crippen molar-refractivity contribution in [1.82, 2.24) is 15.6 Å². The number of aromatic nitrogens is 1. The van der Waals surface area contributed by atoms with Crippen molar-refractivity contribution in [1.29, 1.82) is 0 Å². The van der Waals surface area contributed by atoms with Crippen molar-refractivity contribution < 1.29 is 44.0 Å². The largest absolute Gasteiger partial charge is 0.480 e. The molecule has 14 heteroatoms. The highest BCUT2D eigenvalue weighted by Gasteiger charge is 2.47. The summed E-state index contributed by atoms with van der Waals surface area (Å²) in [6.07, 6.45) is 11.2. The Bertz CT molecular complexity index is 1400. The fraction of sp³-hybridized carbons (Fsp3) is 0.588. The number of nitrogens with two attached hydrogens (primary N) is 1. The molecule has 0 saturated carbocycles. The zero-order chi connectivity index (χ0) is 34.6. The van der Waals surface area contributed by atoms with Crippen LogP contribution in [-0.4, -0.2) is 86.3 Å². The summed E-state index contributed by atoms with van der Waals surface area (Å²) < 4.78 is 6.15. The van der Waals surface area contributed by atoms with Crippen molar-refractivity contribution in [2.75, 3.05) is 18.9 Å². The highest BCUT2D eigenvalue weighted by atomic mass is 32.2. The Hall–Kier alpha value is -3.75. The second kappa shape index (κ2) is 18.1. The van der Waals surface area contributed by atoms with Gasteiger partial charge in [0.25, 0.3) is 0 Å². The van der Waals surface area contributed by atoms with Crippen LogP contribution in [0.25, 0.3) is 0 Å². The number of hydrogen-bond acceptors (Lipinski definition) is 10. The Morgan fingerprint density at radius 1 is 1.08 bits per heavy atom. The summed E-state index contributed by atoms with van der Waals surface area (Å²) in [7, 11) is 0. The minimum absolute atomic E-state index is 0.000903. The minimum Gasteiger partial charge on any atom is -0.480 e. The molecule has 2 aliphatic carbocycles. The third-order valence-corrected chi connectivity index (χ3v) is 10.5. The fourth-order valence-electron chi connectivity index (χ4n) is 6.76. The number of esters is 1. The van der Waals surface area contributed by atoms with Gasteiger partial charge in [0, 0.05) is 31.2 Å². The number of rotatable bonds is 16. The lowest BCUT2D eigenvalue weighted by atomic mass is 9.69. The van der Waals surface area contributed by atoms with Crippen LogP contribution in [0.2, 0.25) is 0 Å². The monoisotopic (exact) mass is 686 g/mol. The summed E-state index contributed by atoms with van der Waals surface area (Å²) in [6.45, 7) is -0.634. The quantitative estimate of drug-likeness (QED) is 0.109. The molecule has 7 N–H and O–H groups in total. The van der Waals surface area contributed by atoms with Gasteiger partial charge >= 0.3 is 17.9 Å². The second-order valence-electron chi connectivity index (χ2n) is 12.6. The Labute approximate surface area is 284 Å². The van der Waals surface area contributed by atoms with E-state index in [1.807, 2.05) is 12.1 Å². The molecule has 1 aromatic rings. The Kier molecular flexibility index (Phi) is 14.0. The number of amides is 2. The van der Waals surface area contributed by atoms with Gasteiger partial charge in [0.1, 0.15) is 30.3 Å². The number of nitrogens with one attached hydrogen (secondary N) is 2. The highest BCUT2D eigenvalue weighted by Crippen LogP contribution is 2.51. The molecule has 0 radical (unpaired) electrons. The zero-order valence-corrected chi connectivity index (χ0v) is 27.8. The first kappa shape index (κ1) is 37.1. The normalized spacial score (nSPS) is 22.3. The molecule has 0 fully saturated rings. The number of carboxylic acids is 2. The molecular formula is C34H46N4O9S. The third kappa shape index (κ3) is 10.1. The molecular weight excluding hydrogens is 640 g/mol. The van der Waals surface area contributed by atoms with E-state index in [0.717, 1.165) is 55.2 Å². The summed E-state index contributed by atoms with van der Waals surface area (Å²) in [5.74, 6) is -3.84. The van der Waals surface area contributed by atoms with E-state index in [9.17, 15) is 29.1 Å². The number of aliphatic hydroxyl groups excluding tert-OH is 1. The van der Waals surface area contributed by atoms with Crippen LogP contribution in [0.5, 0.6) is 0 Å². The van der Waals surface area contributed by atoms with Gasteiger partial charge in [0.2, 0.25) is 11.8 Å². The SMILES string of the molecule is N[C@@H](CCC(=O)N[C@@H](CS[C@@H]1CCCCCC[C@H]2CC(Cc3ccncc3)=C(CCCO)[C@@H]3C(=O)OC1=C23)C(=O)NCC(=O)O)C(=O)O. The summed E-state index contributed by atoms with van der Waals surface area (Å²) in [5.41, 5.74) is 9.84. The number of carbonyl (C=O) groups excluding carboxylic acids is 3. The highest BCUT2D eigenvalue weighted by molar-refractivity contribution is 8.00. The van der Waals surface area contributed by atoms with E-state index in [1.165, 1.54) is 17.3 Å². The molecule has 0 unspecified atom stereocenters. The standard InChI is InChI=1S/C34H46N4O9S/c35-24(33(44)45)9-10-27(40)38-25(32(43)37-18-28(41)42)19-48-26-8-4-2-1-3-6-21-17-22(16-20-11-13-36-14-12-20)23(7-5-15-39)30-29(21)31(26)47-34(30)46/h11-14,21,24-26,30,39H,1-10,15-19,35H2,(H,37,43)(H,38,40)(H,41,42)(H,44,45)/t21-,24-,25-,26+,30-/m0/s1. The molecule has 48 heavy (non-hydrogen) atoms. The van der Waals surface area contributed by atoms with Gasteiger partial charge in [-0.25, -0.2) is 0 Å². The lowest BCUT2D eigenvalue weighted by Crippen LogP contribution is -2.49. The molecule has 13 nitrogen and oxygen atoms in total. The van der Waals surface area contributed by atoms with Gasteiger partial charge in [0.15, 0.2) is 0 Å². The third-order valence-electron chi connectivity index (χ3n) is 9.14. The maximum atomic E-state index is 13.8. The maximum absolute atomic E-state index is 13.8. The number of aliphatic hydroxyl groups is 1. The van der Waals surface area contributed by atoms with Crippen LogP contribution in [0.1, 0.15) is 76.2 Å². The van der Waals surface area contributed by atoms with Crippen molar-refractivity contribution in [2.45, 2.75) is 94.4 Å². The molecule has 0 saturated heterocycles. The van der Waals surface area contributed by atoms with Gasteiger partial charge < -0.3 is 36.4 Å². The van der Waals surface area contributed by atoms with Crippen LogP contribution in [0, 0.1) is 11.8 Å². The van der Waals surface area contributed by atoms with Gasteiger partial charge in [-0.2, -0.15) is 0 Å². The molecule has 1 aliphatic heterocycles. The van der Waals surface area contributed by atoms with Crippen molar-refractivity contribution in [2.24, 2.45) is 17.6 Å². The molecule has 0 bridgehead atoms. The van der Waals surface area contributed by atoms with Crippen LogP contribution >= 0.6 is 11.8 Å². The summed E-state index contributed by atoms with van der Waals surface area (Å²) in [5, 5.41) is 32.5. The molecule has 4 rings (SSSR count). The van der Waals surface area contributed by atoms with Crippen LogP contribution in [-0.2, 0) is 35.1 Å². The van der Waals surface area contributed by atoms with Crippen molar-refractivity contribution in [3.63, 3.8) is 0 Å². The number of thioether (sulfide) groups is 1. The Balaban J connectivity index is 1.62. The number of carbonyl (C=O) groups is 5. The van der Waals surface area contributed by atoms with Gasteiger partial charge in [-0.1, -0.05) is 36.8 Å². The van der Waals surface area contributed by atoms with Crippen LogP contribution in [0.15, 0.2) is 47.0 Å². The molecule has 0 aromatic carbocycles. The smallest absolute Gasteiger partial charge is 0.322 e. The number of allylic oxidation sites excluding steroid dienone is 1. The molecule has 0 spiro atoms. The fourth-order valence-corrected chi connectivity index (χ4v) is 8.09. The average Bonchev–Trinajstić information content (AvgIpc) is 3.41. The molecule has 1 aromatic heterocycles. The minimum atomic E-state index is -1.25. The van der Waals surface area contributed by atoms with E-state index >= 15 is 0 Å². The first-order valence-corrected chi connectivity index (χ1v) is 17.7. The Morgan fingerprint density at radius 2 is 1.81 bits per heavy atom. The van der Waals surface area contributed by atoms with E-state index in [2.05, 4.69) is 15.6 Å². The first-order valence-electron chi connectivity index (χ1n) is 16.6. The number of carboxylic acid groups (broad SMARTS) is 2. The van der Waals surface area contributed by atoms with Gasteiger partial charge in [0.05, 0.1) is 5.25 Å². The van der Waals surface area contributed by atoms with E-state index < -0.39 is 48.3 Å². The topological polar surface area (TPSA) is 218 Å². The Morgan fingerprint density at radius 3 is 2.50 bits per heavy atom. The van der Waals surface area contributed by atoms with Gasteiger partial charge in [-0.05, 0) is 74.1 Å². The lowest BCUT2D eigenvalue weighted by Gasteiger charge is -2.34. The summed E-state index contributed by atoms with van der Waals surface area (Å²) >= 11 is 1.38. The molecule has 2 heterocycles. The van der Waals surface area contributed by atoms with E-state index in [-0.39, 0.29) is 42.3 Å². The van der Waals surface area contributed by atoms with Gasteiger partial charge in [-0.3, -0.25) is 29.0 Å². The predicted octanol–water partition coefficient (Wildman–Crippen LogP) is 2.47. The number of pyridine rings is 1. The lowest BCUT2D eigenvalue weighted by molar-refractivity contribution is -0.140. The number of ether oxygens (including phenoxy) is 1. The van der Waals surface area contributed by atoms with Crippen LogP contribution in [0.3, 0.4) is 0 Å². The molecule has 3 aliphatic rings. The zero-order valence-electron chi connectivity index (χ0n) is 27.0. The summed E-state index contributed by atoms with van der Waals surface area (Å²) in [6, 6.07) is 1.59. The summed E-state index contributed by atoms with van der Waals surface area (Å²) in [4.78, 5) is 65.9. The van der Waals surface area contributed by atoms with Crippen LogP contribution in [0.4, 0.5) is 0 Å². The van der Waals surface area contributed by atoms with Crippen LogP contribution < -0.4 is 16.4 Å². The van der Waals surface area contributed by atoms with Crippen molar-refractivity contribution in [3.8, 4) is 0 Å². The average molecular weight is 687 g/mol. The molecule has 262 valence electrons. The van der Waals surface area contributed by atoms with Gasteiger partial charge in [-0.15, -0.1) is 11.8 Å². The second-order valence-corrected chi connectivity index (χ2v) is 13.8. The molecule has 2 amide bonds. The predicted molar refractivity (Wildman–Crippen MR) is 177 cm³/mol. The molecule has 5 atom stereocenters. The number of aliphatic carboxylic acids is 2.